The van der Waals surface area contributed by atoms with Crippen LogP contribution in [-0.4, -0.2) is 61.6 Å². The lowest BCUT2D eigenvalue weighted by atomic mass is 10.1. The third kappa shape index (κ3) is 9.94. The summed E-state index contributed by atoms with van der Waals surface area (Å²) in [5, 5.41) is 9.28. The van der Waals surface area contributed by atoms with Gasteiger partial charge in [0.05, 0.1) is 13.7 Å². The normalized spacial score (nSPS) is 11.5. The maximum atomic E-state index is 13.2. The highest BCUT2D eigenvalue weighted by atomic mass is 19.1. The van der Waals surface area contributed by atoms with Crippen LogP contribution in [0.5, 0.6) is 17.2 Å². The standard InChI is InChI=1S/C30H34FNO7/c1-3-37-28(29(33)34)20-23-11-15-25(16-12-23)38-19-18-32(17-5-6-22-9-13-24(31)14-10-22)30(35)39-27-8-4-7-26(21-27)36-2/h4,7-16,21,28H,3,5-6,17-20H2,1-2H3,(H,33,34). The number of nitrogens with zero attached hydrogens (tertiary/aromatic N) is 1. The summed E-state index contributed by atoms with van der Waals surface area (Å²) in [4.78, 5) is 25.9. The van der Waals surface area contributed by atoms with Crippen molar-refractivity contribution < 1.29 is 38.0 Å². The van der Waals surface area contributed by atoms with Crippen LogP contribution in [0.1, 0.15) is 24.5 Å². The number of carboxylic acids is 1. The van der Waals surface area contributed by atoms with Gasteiger partial charge in [-0.15, -0.1) is 0 Å². The first-order valence-corrected chi connectivity index (χ1v) is 12.8. The first-order valence-electron chi connectivity index (χ1n) is 12.8. The fourth-order valence-electron chi connectivity index (χ4n) is 3.88. The first kappa shape index (κ1) is 29.4. The van der Waals surface area contributed by atoms with E-state index in [4.69, 9.17) is 18.9 Å². The fraction of sp³-hybridized carbons (Fsp3) is 0.333. The van der Waals surface area contributed by atoms with Gasteiger partial charge in [-0.25, -0.2) is 14.0 Å². The van der Waals surface area contributed by atoms with Crippen molar-refractivity contribution in [2.75, 3.05) is 33.4 Å². The van der Waals surface area contributed by atoms with Gasteiger partial charge in [0.15, 0.2) is 6.10 Å². The van der Waals surface area contributed by atoms with Gasteiger partial charge in [-0.1, -0.05) is 30.3 Å². The Hall–Kier alpha value is -4.11. The molecule has 0 aliphatic heterocycles. The average molecular weight is 540 g/mol. The summed E-state index contributed by atoms with van der Waals surface area (Å²) in [6.45, 7) is 2.99. The van der Waals surface area contributed by atoms with Crippen molar-refractivity contribution in [3.05, 3.63) is 89.7 Å². The molecule has 3 rings (SSSR count). The second-order valence-corrected chi connectivity index (χ2v) is 8.74. The van der Waals surface area contributed by atoms with Gasteiger partial charge in [-0.3, -0.25) is 0 Å². The van der Waals surface area contributed by atoms with Crippen LogP contribution in [0.25, 0.3) is 0 Å². The van der Waals surface area contributed by atoms with Crippen LogP contribution in [0, 0.1) is 5.82 Å². The molecule has 0 aromatic heterocycles. The van der Waals surface area contributed by atoms with E-state index in [1.165, 1.54) is 19.2 Å². The Morgan fingerprint density at radius 2 is 1.62 bits per heavy atom. The van der Waals surface area contributed by atoms with Crippen molar-refractivity contribution in [1.82, 2.24) is 4.90 Å². The minimum atomic E-state index is -1.00. The minimum absolute atomic E-state index is 0.222. The number of benzene rings is 3. The fourth-order valence-corrected chi connectivity index (χ4v) is 3.88. The van der Waals surface area contributed by atoms with Crippen molar-refractivity contribution in [2.45, 2.75) is 32.3 Å². The number of ether oxygens (including phenoxy) is 4. The molecule has 0 fully saturated rings. The maximum Gasteiger partial charge on any atom is 0.415 e. The highest BCUT2D eigenvalue weighted by molar-refractivity contribution is 5.72. The summed E-state index contributed by atoms with van der Waals surface area (Å²) in [7, 11) is 1.54. The van der Waals surface area contributed by atoms with Gasteiger partial charge in [-0.2, -0.15) is 0 Å². The highest BCUT2D eigenvalue weighted by Gasteiger charge is 2.19. The zero-order valence-electron chi connectivity index (χ0n) is 22.2. The lowest BCUT2D eigenvalue weighted by Crippen LogP contribution is -2.37. The number of hydrogen-bond acceptors (Lipinski definition) is 6. The number of hydrogen-bond donors (Lipinski definition) is 1. The van der Waals surface area contributed by atoms with Crippen molar-refractivity contribution >= 4 is 12.1 Å². The summed E-state index contributed by atoms with van der Waals surface area (Å²) >= 11 is 0. The Bertz CT molecular complexity index is 1180. The molecule has 9 heteroatoms. The molecule has 0 spiro atoms. The third-order valence-corrected chi connectivity index (χ3v) is 5.93. The van der Waals surface area contributed by atoms with Crippen LogP contribution in [0.15, 0.2) is 72.8 Å². The van der Waals surface area contributed by atoms with Crippen LogP contribution < -0.4 is 14.2 Å². The first-order chi connectivity index (χ1) is 18.9. The molecule has 0 bridgehead atoms. The van der Waals surface area contributed by atoms with E-state index in [1.54, 1.807) is 72.5 Å². The Balaban J connectivity index is 1.57. The van der Waals surface area contributed by atoms with Crippen molar-refractivity contribution in [2.24, 2.45) is 0 Å². The zero-order chi connectivity index (χ0) is 28.0. The molecule has 39 heavy (non-hydrogen) atoms. The van der Waals surface area contributed by atoms with E-state index in [1.807, 2.05) is 0 Å². The quantitative estimate of drug-likeness (QED) is 0.277. The molecule has 0 radical (unpaired) electrons. The number of aryl methyl sites for hydroxylation is 1. The van der Waals surface area contributed by atoms with E-state index in [0.717, 1.165) is 11.1 Å². The molecule has 0 heterocycles. The summed E-state index contributed by atoms with van der Waals surface area (Å²) in [5.74, 6) is 0.243. The molecule has 0 saturated heterocycles. The molecule has 3 aromatic carbocycles. The topological polar surface area (TPSA) is 94.5 Å². The van der Waals surface area contributed by atoms with E-state index in [0.29, 0.717) is 43.2 Å². The van der Waals surface area contributed by atoms with Crippen LogP contribution in [0.4, 0.5) is 9.18 Å². The van der Waals surface area contributed by atoms with E-state index in [2.05, 4.69) is 0 Å². The maximum absolute atomic E-state index is 13.2. The summed E-state index contributed by atoms with van der Waals surface area (Å²) < 4.78 is 35.1. The van der Waals surface area contributed by atoms with Gasteiger partial charge < -0.3 is 29.0 Å². The molecule has 3 aromatic rings. The molecule has 1 unspecified atom stereocenters. The Labute approximate surface area is 227 Å². The van der Waals surface area contributed by atoms with Gasteiger partial charge in [0.1, 0.15) is 29.7 Å². The molecule has 0 aliphatic carbocycles. The number of carbonyl (C=O) groups excluding carboxylic acids is 1. The number of amides is 1. The Kier molecular flexibility index (Phi) is 11.6. The summed E-state index contributed by atoms with van der Waals surface area (Å²) in [6.07, 6.45) is 0.155. The third-order valence-electron chi connectivity index (χ3n) is 5.93. The predicted molar refractivity (Wildman–Crippen MR) is 144 cm³/mol. The number of methoxy groups -OCH3 is 1. The monoisotopic (exact) mass is 539 g/mol. The molecule has 0 aliphatic rings. The molecule has 8 nitrogen and oxygen atoms in total. The van der Waals surface area contributed by atoms with Crippen LogP contribution in [-0.2, 0) is 22.4 Å². The van der Waals surface area contributed by atoms with E-state index in [-0.39, 0.29) is 25.4 Å². The molecule has 0 saturated carbocycles. The van der Waals surface area contributed by atoms with Crippen molar-refractivity contribution in [3.63, 3.8) is 0 Å². The van der Waals surface area contributed by atoms with Gasteiger partial charge >= 0.3 is 12.1 Å². The molecule has 1 amide bonds. The summed E-state index contributed by atoms with van der Waals surface area (Å²) in [6, 6.07) is 20.2. The van der Waals surface area contributed by atoms with Gasteiger partial charge in [0, 0.05) is 25.6 Å². The second kappa shape index (κ2) is 15.3. The number of halogens is 1. The lowest BCUT2D eigenvalue weighted by molar-refractivity contribution is -0.149. The highest BCUT2D eigenvalue weighted by Crippen LogP contribution is 2.20. The Morgan fingerprint density at radius 1 is 0.923 bits per heavy atom. The lowest BCUT2D eigenvalue weighted by Gasteiger charge is -2.22. The van der Waals surface area contributed by atoms with Crippen LogP contribution in [0.2, 0.25) is 0 Å². The Morgan fingerprint density at radius 3 is 2.28 bits per heavy atom. The van der Waals surface area contributed by atoms with Crippen molar-refractivity contribution in [3.8, 4) is 17.2 Å². The van der Waals surface area contributed by atoms with E-state index >= 15 is 0 Å². The van der Waals surface area contributed by atoms with Crippen LogP contribution >= 0.6 is 0 Å². The number of aliphatic carboxylic acids is 1. The molecule has 1 N–H and O–H groups in total. The molecular formula is C30H34FNO7. The number of rotatable bonds is 15. The minimum Gasteiger partial charge on any atom is -0.497 e. The van der Waals surface area contributed by atoms with Gasteiger partial charge in [0.25, 0.3) is 0 Å². The van der Waals surface area contributed by atoms with Crippen LogP contribution in [0.3, 0.4) is 0 Å². The smallest absolute Gasteiger partial charge is 0.415 e. The van der Waals surface area contributed by atoms with E-state index in [9.17, 15) is 19.1 Å². The number of carboxylic acid groups (broad SMARTS) is 1. The summed E-state index contributed by atoms with van der Waals surface area (Å²) in [5.41, 5.74) is 1.79. The van der Waals surface area contributed by atoms with E-state index < -0.39 is 18.2 Å². The van der Waals surface area contributed by atoms with Gasteiger partial charge in [0.2, 0.25) is 0 Å². The van der Waals surface area contributed by atoms with Gasteiger partial charge in [-0.05, 0) is 67.3 Å². The largest absolute Gasteiger partial charge is 0.497 e. The predicted octanol–water partition coefficient (Wildman–Crippen LogP) is 5.38. The molecule has 1 atom stereocenters. The van der Waals surface area contributed by atoms with Crippen molar-refractivity contribution in [1.29, 1.82) is 0 Å². The molecule has 208 valence electrons. The number of carbonyl (C=O) groups is 2. The SMILES string of the molecule is CCOC(Cc1ccc(OCCN(CCCc2ccc(F)cc2)C(=O)Oc2cccc(OC)c2)cc1)C(=O)O. The zero-order valence-corrected chi connectivity index (χ0v) is 22.2. The average Bonchev–Trinajstić information content (AvgIpc) is 2.93. The molecular weight excluding hydrogens is 505 g/mol. The second-order valence-electron chi connectivity index (χ2n) is 8.74.